The first-order valence-corrected chi connectivity index (χ1v) is 14.0. The van der Waals surface area contributed by atoms with E-state index in [1.165, 1.54) is 35.2 Å². The fourth-order valence-corrected chi connectivity index (χ4v) is 5.50. The van der Waals surface area contributed by atoms with Crippen molar-refractivity contribution in [1.29, 1.82) is 0 Å². The fraction of sp³-hybridized carbons (Fsp3) is 0.259. The lowest BCUT2D eigenvalue weighted by molar-refractivity contribution is -0.138. The number of nitrogens with zero attached hydrogens (tertiary/aromatic N) is 2. The zero-order valence-electron chi connectivity index (χ0n) is 20.6. The summed E-state index contributed by atoms with van der Waals surface area (Å²) in [4.78, 5) is 27.8. The molecular weight excluding hydrogens is 533 g/mol. The Labute approximate surface area is 228 Å². The highest BCUT2D eigenvalue weighted by Crippen LogP contribution is 2.30. The molecule has 0 heterocycles. The highest BCUT2D eigenvalue weighted by molar-refractivity contribution is 7.92. The van der Waals surface area contributed by atoms with Crippen LogP contribution in [0, 0.1) is 0 Å². The van der Waals surface area contributed by atoms with Gasteiger partial charge < -0.3 is 10.2 Å². The van der Waals surface area contributed by atoms with E-state index in [0.717, 1.165) is 9.87 Å². The van der Waals surface area contributed by atoms with E-state index < -0.39 is 28.5 Å². The molecule has 0 bridgehead atoms. The maximum Gasteiger partial charge on any atom is 0.264 e. The number of likely N-dealkylation sites (N-methyl/N-ethyl adjacent to an activating group) is 1. The molecule has 0 aliphatic rings. The molecule has 3 rings (SSSR count). The van der Waals surface area contributed by atoms with Crippen LogP contribution >= 0.6 is 23.2 Å². The first-order chi connectivity index (χ1) is 17.6. The van der Waals surface area contributed by atoms with Gasteiger partial charge in [0, 0.05) is 13.1 Å². The van der Waals surface area contributed by atoms with Crippen LogP contribution in [0.1, 0.15) is 19.4 Å². The summed E-state index contributed by atoms with van der Waals surface area (Å²) >= 11 is 12.3. The maximum absolute atomic E-state index is 13.7. The van der Waals surface area contributed by atoms with Crippen molar-refractivity contribution in [2.75, 3.05) is 23.9 Å². The number of sulfonamides is 1. The molecule has 1 N–H and O–H groups in total. The van der Waals surface area contributed by atoms with Gasteiger partial charge in [-0.15, -0.1) is 0 Å². The number of nitrogens with one attached hydrogen (secondary N) is 1. The monoisotopic (exact) mass is 561 g/mol. The lowest BCUT2D eigenvalue weighted by Crippen LogP contribution is -2.52. The molecule has 10 heteroatoms. The van der Waals surface area contributed by atoms with Gasteiger partial charge in [-0.3, -0.25) is 13.9 Å². The number of rotatable bonds is 11. The molecule has 196 valence electrons. The third-order valence-electron chi connectivity index (χ3n) is 5.80. The zero-order chi connectivity index (χ0) is 27.0. The molecule has 0 fully saturated rings. The van der Waals surface area contributed by atoms with Crippen LogP contribution in [-0.2, 0) is 26.0 Å². The Balaban J connectivity index is 1.98. The van der Waals surface area contributed by atoms with E-state index in [2.05, 4.69) is 5.32 Å². The molecule has 7 nitrogen and oxygen atoms in total. The van der Waals surface area contributed by atoms with Crippen molar-refractivity contribution < 1.29 is 18.0 Å². The number of carbonyl (C=O) groups excluding carboxylic acids is 2. The summed E-state index contributed by atoms with van der Waals surface area (Å²) in [7, 11) is -4.15. The number of amides is 2. The molecule has 1 atom stereocenters. The van der Waals surface area contributed by atoms with Crippen LogP contribution in [0.15, 0.2) is 83.8 Å². The Morgan fingerprint density at radius 1 is 0.919 bits per heavy atom. The van der Waals surface area contributed by atoms with Crippen molar-refractivity contribution in [3.05, 3.63) is 94.5 Å². The number of anilines is 1. The highest BCUT2D eigenvalue weighted by Gasteiger charge is 2.32. The lowest BCUT2D eigenvalue weighted by Gasteiger charge is -2.32. The molecule has 1 unspecified atom stereocenters. The number of hydrogen-bond acceptors (Lipinski definition) is 4. The Kier molecular flexibility index (Phi) is 9.97. The van der Waals surface area contributed by atoms with Crippen LogP contribution in [0.4, 0.5) is 5.69 Å². The van der Waals surface area contributed by atoms with E-state index in [9.17, 15) is 18.0 Å². The smallest absolute Gasteiger partial charge is 0.264 e. The topological polar surface area (TPSA) is 86.8 Å². The van der Waals surface area contributed by atoms with Gasteiger partial charge in [0.1, 0.15) is 12.6 Å². The largest absolute Gasteiger partial charge is 0.355 e. The average Bonchev–Trinajstić information content (AvgIpc) is 2.90. The maximum atomic E-state index is 13.7. The van der Waals surface area contributed by atoms with E-state index in [-0.39, 0.29) is 33.1 Å². The van der Waals surface area contributed by atoms with Crippen LogP contribution < -0.4 is 9.62 Å². The van der Waals surface area contributed by atoms with Gasteiger partial charge in [0.05, 0.1) is 20.6 Å². The van der Waals surface area contributed by atoms with Crippen molar-refractivity contribution in [1.82, 2.24) is 10.2 Å². The summed E-state index contributed by atoms with van der Waals surface area (Å²) in [6.45, 7) is 3.51. The quantitative estimate of drug-likeness (QED) is 0.364. The molecule has 3 aromatic rings. The molecule has 0 aliphatic heterocycles. The second-order valence-electron chi connectivity index (χ2n) is 8.32. The predicted octanol–water partition coefficient (Wildman–Crippen LogP) is 4.78. The first kappa shape index (κ1) is 28.5. The summed E-state index contributed by atoms with van der Waals surface area (Å²) in [6.07, 6.45) is 0.495. The third-order valence-corrected chi connectivity index (χ3v) is 8.33. The van der Waals surface area contributed by atoms with Crippen LogP contribution in [0.3, 0.4) is 0 Å². The van der Waals surface area contributed by atoms with Gasteiger partial charge in [0.25, 0.3) is 10.0 Å². The SMILES string of the molecule is CCNC(=O)C(C)N(CCc1ccccc1)C(=O)CN(c1ccc(Cl)c(Cl)c1)S(=O)(=O)c1ccccc1. The van der Waals surface area contributed by atoms with Crippen LogP contribution in [-0.4, -0.2) is 50.8 Å². The van der Waals surface area contributed by atoms with Crippen LogP contribution in [0.2, 0.25) is 10.0 Å². The Bertz CT molecular complexity index is 1320. The molecule has 0 saturated heterocycles. The van der Waals surface area contributed by atoms with Gasteiger partial charge in [0.2, 0.25) is 11.8 Å². The van der Waals surface area contributed by atoms with Gasteiger partial charge in [0.15, 0.2) is 0 Å². The minimum atomic E-state index is -4.15. The molecule has 0 spiro atoms. The van der Waals surface area contributed by atoms with Crippen LogP contribution in [0.5, 0.6) is 0 Å². The number of benzene rings is 3. The van der Waals surface area contributed by atoms with Crippen LogP contribution in [0.25, 0.3) is 0 Å². The second-order valence-corrected chi connectivity index (χ2v) is 11.0. The molecular formula is C27H29Cl2N3O4S. The zero-order valence-corrected chi connectivity index (χ0v) is 22.9. The summed E-state index contributed by atoms with van der Waals surface area (Å²) in [5, 5.41) is 3.14. The molecule has 2 amide bonds. The van der Waals surface area contributed by atoms with Gasteiger partial charge in [-0.25, -0.2) is 8.42 Å². The first-order valence-electron chi connectivity index (χ1n) is 11.8. The Hall–Kier alpha value is -3.07. The van der Waals surface area contributed by atoms with E-state index in [1.807, 2.05) is 30.3 Å². The van der Waals surface area contributed by atoms with Crippen molar-refractivity contribution in [2.45, 2.75) is 31.2 Å². The van der Waals surface area contributed by atoms with Gasteiger partial charge in [-0.05, 0) is 56.2 Å². The molecule has 37 heavy (non-hydrogen) atoms. The van der Waals surface area contributed by atoms with Crippen molar-refractivity contribution in [3.8, 4) is 0 Å². The third kappa shape index (κ3) is 7.25. The minimum absolute atomic E-state index is 0.0153. The molecule has 0 saturated carbocycles. The Morgan fingerprint density at radius 3 is 2.14 bits per heavy atom. The average molecular weight is 563 g/mol. The molecule has 3 aromatic carbocycles. The second kappa shape index (κ2) is 12.9. The Morgan fingerprint density at radius 2 is 1.54 bits per heavy atom. The van der Waals surface area contributed by atoms with Crippen molar-refractivity contribution in [2.24, 2.45) is 0 Å². The highest BCUT2D eigenvalue weighted by atomic mass is 35.5. The fourth-order valence-electron chi connectivity index (χ4n) is 3.78. The van der Waals surface area contributed by atoms with Crippen molar-refractivity contribution in [3.63, 3.8) is 0 Å². The van der Waals surface area contributed by atoms with Gasteiger partial charge in [-0.1, -0.05) is 71.7 Å². The number of hydrogen-bond donors (Lipinski definition) is 1. The van der Waals surface area contributed by atoms with Crippen molar-refractivity contribution >= 4 is 50.7 Å². The molecule has 0 aromatic heterocycles. The summed E-state index contributed by atoms with van der Waals surface area (Å²) in [6, 6.07) is 20.9. The summed E-state index contributed by atoms with van der Waals surface area (Å²) in [5.74, 6) is -0.851. The van der Waals surface area contributed by atoms with Gasteiger partial charge in [-0.2, -0.15) is 0 Å². The standard InChI is InChI=1S/C27H29Cl2N3O4S/c1-3-30-27(34)20(2)31(17-16-21-10-6-4-7-11-21)26(33)19-32(22-14-15-24(28)25(29)18-22)37(35,36)23-12-8-5-9-13-23/h4-15,18,20H,3,16-17,19H2,1-2H3,(H,30,34). The predicted molar refractivity (Wildman–Crippen MR) is 147 cm³/mol. The molecule has 0 radical (unpaired) electrons. The van der Waals surface area contributed by atoms with E-state index in [1.54, 1.807) is 32.0 Å². The number of carbonyl (C=O) groups is 2. The normalized spacial score (nSPS) is 12.0. The van der Waals surface area contributed by atoms with E-state index in [4.69, 9.17) is 23.2 Å². The molecule has 0 aliphatic carbocycles. The van der Waals surface area contributed by atoms with E-state index in [0.29, 0.717) is 13.0 Å². The number of halogens is 2. The van der Waals surface area contributed by atoms with Gasteiger partial charge >= 0.3 is 0 Å². The lowest BCUT2D eigenvalue weighted by atomic mass is 10.1. The minimum Gasteiger partial charge on any atom is -0.355 e. The summed E-state index contributed by atoms with van der Waals surface area (Å²) < 4.78 is 28.3. The summed E-state index contributed by atoms with van der Waals surface area (Å²) in [5.41, 5.74) is 1.17. The van der Waals surface area contributed by atoms with E-state index >= 15 is 0 Å².